The molecule has 160 valence electrons. The van der Waals surface area contributed by atoms with E-state index in [0.717, 1.165) is 28.4 Å². The van der Waals surface area contributed by atoms with Crippen molar-refractivity contribution in [1.82, 2.24) is 19.5 Å². The van der Waals surface area contributed by atoms with Gasteiger partial charge in [-0.3, -0.25) is 14.6 Å². The third-order valence-electron chi connectivity index (χ3n) is 3.83. The van der Waals surface area contributed by atoms with Crippen molar-refractivity contribution >= 4 is 29.7 Å². The van der Waals surface area contributed by atoms with E-state index >= 15 is 0 Å². The first-order chi connectivity index (χ1) is 14.1. The molecule has 0 aliphatic carbocycles. The van der Waals surface area contributed by atoms with Gasteiger partial charge in [-0.1, -0.05) is 6.08 Å². The molecule has 0 unspecified atom stereocenters. The summed E-state index contributed by atoms with van der Waals surface area (Å²) in [6, 6.07) is 0.559. The summed E-state index contributed by atoms with van der Waals surface area (Å²) >= 11 is 1.05. The summed E-state index contributed by atoms with van der Waals surface area (Å²) in [4.78, 5) is 28.2. The van der Waals surface area contributed by atoms with Gasteiger partial charge in [0.25, 0.3) is 11.5 Å². The number of carbonyl (C=O) groups excluding carboxylic acids is 1. The normalized spacial score (nSPS) is 13.8. The number of aromatic nitrogens is 3. The highest BCUT2D eigenvalue weighted by Gasteiger charge is 2.32. The molecule has 2 rings (SSSR count). The second kappa shape index (κ2) is 9.59. The summed E-state index contributed by atoms with van der Waals surface area (Å²) in [5.41, 5.74) is -1.61. The summed E-state index contributed by atoms with van der Waals surface area (Å²) < 4.78 is 43.3. The second-order valence-electron chi connectivity index (χ2n) is 6.16. The molecule has 8 nitrogen and oxygen atoms in total. The van der Waals surface area contributed by atoms with Crippen molar-refractivity contribution in [3.63, 3.8) is 0 Å². The fraction of sp³-hybridized carbons (Fsp3) is 0.278. The van der Waals surface area contributed by atoms with E-state index in [-0.39, 0.29) is 23.4 Å². The molecule has 0 spiro atoms. The minimum atomic E-state index is -4.68. The molecular formula is C18H18F3N5O3S. The van der Waals surface area contributed by atoms with Crippen LogP contribution in [-0.2, 0) is 0 Å². The quantitative estimate of drug-likeness (QED) is 0.506. The van der Waals surface area contributed by atoms with Crippen molar-refractivity contribution < 1.29 is 23.1 Å². The van der Waals surface area contributed by atoms with Gasteiger partial charge in [-0.2, -0.15) is 27.3 Å². The molecule has 0 bridgehead atoms. The summed E-state index contributed by atoms with van der Waals surface area (Å²) in [7, 11) is 0. The van der Waals surface area contributed by atoms with Gasteiger partial charge in [-0.05, 0) is 49.8 Å². The van der Waals surface area contributed by atoms with Gasteiger partial charge >= 0.3 is 6.18 Å². The Morgan fingerprint density at radius 1 is 1.47 bits per heavy atom. The van der Waals surface area contributed by atoms with Crippen molar-refractivity contribution in [2.75, 3.05) is 6.61 Å². The SMILES string of the molecule is C=N/C(=C\C=C(/C)c1cc(C(=O)N[C@@H](C)CO)c(=O)n(-c2cnsc2)n1)C(F)(F)F. The van der Waals surface area contributed by atoms with Gasteiger partial charge < -0.3 is 10.4 Å². The predicted octanol–water partition coefficient (Wildman–Crippen LogP) is 2.35. The molecule has 2 aromatic rings. The van der Waals surface area contributed by atoms with E-state index in [4.69, 9.17) is 5.11 Å². The highest BCUT2D eigenvalue weighted by Crippen LogP contribution is 2.26. The smallest absolute Gasteiger partial charge is 0.394 e. The van der Waals surface area contributed by atoms with E-state index in [1.807, 2.05) is 0 Å². The van der Waals surface area contributed by atoms with E-state index in [1.54, 1.807) is 0 Å². The van der Waals surface area contributed by atoms with E-state index in [9.17, 15) is 22.8 Å². The van der Waals surface area contributed by atoms with Crippen LogP contribution < -0.4 is 10.9 Å². The Labute approximate surface area is 173 Å². The maximum atomic E-state index is 12.8. The van der Waals surface area contributed by atoms with Crippen LogP contribution in [0.4, 0.5) is 13.2 Å². The summed E-state index contributed by atoms with van der Waals surface area (Å²) in [6.45, 7) is 5.57. The lowest BCUT2D eigenvalue weighted by Gasteiger charge is -2.13. The molecule has 0 aliphatic heterocycles. The van der Waals surface area contributed by atoms with Crippen molar-refractivity contribution in [3.8, 4) is 5.69 Å². The second-order valence-corrected chi connectivity index (χ2v) is 6.81. The van der Waals surface area contributed by atoms with Crippen LogP contribution in [-0.4, -0.2) is 50.7 Å². The Morgan fingerprint density at radius 3 is 2.70 bits per heavy atom. The van der Waals surface area contributed by atoms with Gasteiger partial charge in [0, 0.05) is 11.4 Å². The van der Waals surface area contributed by atoms with Crippen LogP contribution in [0.1, 0.15) is 29.9 Å². The lowest BCUT2D eigenvalue weighted by Crippen LogP contribution is -2.39. The molecule has 0 radical (unpaired) electrons. The number of nitrogens with zero attached hydrogens (tertiary/aromatic N) is 4. The largest absolute Gasteiger partial charge is 0.433 e. The van der Waals surface area contributed by atoms with E-state index in [2.05, 4.69) is 26.5 Å². The first-order valence-corrected chi connectivity index (χ1v) is 9.30. The summed E-state index contributed by atoms with van der Waals surface area (Å²) in [6.07, 6.45) is -1.49. The number of hydrogen-bond donors (Lipinski definition) is 2. The van der Waals surface area contributed by atoms with Gasteiger partial charge in [0.2, 0.25) is 0 Å². The molecular weight excluding hydrogens is 423 g/mol. The molecule has 0 fully saturated rings. The number of aliphatic hydroxyl groups excluding tert-OH is 1. The highest BCUT2D eigenvalue weighted by atomic mass is 32.1. The fourth-order valence-corrected chi connectivity index (χ4v) is 2.70. The molecule has 0 aromatic carbocycles. The molecule has 1 amide bonds. The lowest BCUT2D eigenvalue weighted by atomic mass is 10.1. The van der Waals surface area contributed by atoms with Crippen LogP contribution in [0.15, 0.2) is 45.3 Å². The monoisotopic (exact) mass is 441 g/mol. The number of aliphatic imine (C=N–C) groups is 1. The molecule has 2 aromatic heterocycles. The van der Waals surface area contributed by atoms with Crippen molar-refractivity contribution in [2.24, 2.45) is 4.99 Å². The van der Waals surface area contributed by atoms with Crippen LogP contribution in [0.2, 0.25) is 0 Å². The number of aliphatic hydroxyl groups is 1. The molecule has 2 N–H and O–H groups in total. The average molecular weight is 441 g/mol. The highest BCUT2D eigenvalue weighted by molar-refractivity contribution is 7.03. The number of rotatable bonds is 7. The Bertz CT molecular complexity index is 1040. The third kappa shape index (κ3) is 5.48. The minimum Gasteiger partial charge on any atom is -0.394 e. The van der Waals surface area contributed by atoms with Crippen molar-refractivity contribution in [2.45, 2.75) is 26.1 Å². The van der Waals surface area contributed by atoms with Crippen LogP contribution in [0.3, 0.4) is 0 Å². The first kappa shape index (κ1) is 23.2. The standard InChI is InChI=1S/C18H18F3N5O3S/c1-10(4-5-15(22-3)18(19,20)21)14-6-13(16(28)24-11(2)8-27)17(29)26(25-14)12-7-23-30-9-12/h4-7,9,11,27H,3,8H2,1-2H3,(H,24,28)/b10-4+,15-5-/t11-/m0/s1. The number of nitrogens with one attached hydrogen (secondary N) is 1. The van der Waals surface area contributed by atoms with Crippen molar-refractivity contribution in [1.29, 1.82) is 0 Å². The molecule has 0 saturated heterocycles. The Balaban J connectivity index is 2.61. The maximum Gasteiger partial charge on any atom is 0.433 e. The van der Waals surface area contributed by atoms with Crippen LogP contribution in [0.5, 0.6) is 0 Å². The molecule has 0 aliphatic rings. The van der Waals surface area contributed by atoms with E-state index in [0.29, 0.717) is 5.69 Å². The number of allylic oxidation sites excluding steroid dienone is 4. The van der Waals surface area contributed by atoms with Gasteiger partial charge in [0.1, 0.15) is 11.3 Å². The number of carbonyl (C=O) groups is 1. The minimum absolute atomic E-state index is 0.0874. The number of alkyl halides is 3. The number of halogens is 3. The third-order valence-corrected chi connectivity index (χ3v) is 4.40. The Hall–Kier alpha value is -3.12. The zero-order valence-electron chi connectivity index (χ0n) is 16.0. The van der Waals surface area contributed by atoms with E-state index < -0.39 is 29.4 Å². The summed E-state index contributed by atoms with van der Waals surface area (Å²) in [5.74, 6) is -0.755. The maximum absolute atomic E-state index is 12.8. The number of amides is 1. The lowest BCUT2D eigenvalue weighted by molar-refractivity contribution is -0.0922. The predicted molar refractivity (Wildman–Crippen MR) is 107 cm³/mol. The Kier molecular flexibility index (Phi) is 7.40. The molecule has 0 saturated carbocycles. The average Bonchev–Trinajstić information content (AvgIpc) is 3.21. The topological polar surface area (TPSA) is 109 Å². The molecule has 2 heterocycles. The molecule has 30 heavy (non-hydrogen) atoms. The zero-order valence-corrected chi connectivity index (χ0v) is 16.8. The Morgan fingerprint density at radius 2 is 2.17 bits per heavy atom. The van der Waals surface area contributed by atoms with Gasteiger partial charge in [-0.25, -0.2) is 0 Å². The van der Waals surface area contributed by atoms with Crippen LogP contribution in [0, 0.1) is 0 Å². The summed E-state index contributed by atoms with van der Waals surface area (Å²) in [5, 5.41) is 17.2. The fourth-order valence-electron chi connectivity index (χ4n) is 2.20. The van der Waals surface area contributed by atoms with Crippen molar-refractivity contribution in [3.05, 3.63) is 57.1 Å². The molecule has 1 atom stereocenters. The van der Waals surface area contributed by atoms with Crippen LogP contribution in [0.25, 0.3) is 11.3 Å². The first-order valence-electron chi connectivity index (χ1n) is 8.47. The van der Waals surface area contributed by atoms with Gasteiger partial charge in [0.05, 0.1) is 24.2 Å². The van der Waals surface area contributed by atoms with E-state index in [1.165, 1.54) is 31.5 Å². The van der Waals surface area contributed by atoms with Gasteiger partial charge in [0.15, 0.2) is 0 Å². The van der Waals surface area contributed by atoms with Gasteiger partial charge in [-0.15, -0.1) is 0 Å². The molecule has 12 heteroatoms. The van der Waals surface area contributed by atoms with Crippen LogP contribution >= 0.6 is 11.5 Å². The number of hydrogen-bond acceptors (Lipinski definition) is 7. The zero-order chi connectivity index (χ0) is 22.5.